The van der Waals surface area contributed by atoms with Crippen LogP contribution in [0.2, 0.25) is 5.02 Å². The van der Waals surface area contributed by atoms with Crippen molar-refractivity contribution in [1.29, 1.82) is 0 Å². The fourth-order valence-corrected chi connectivity index (χ4v) is 1.89. The zero-order valence-corrected chi connectivity index (χ0v) is 11.7. The van der Waals surface area contributed by atoms with E-state index < -0.39 is 17.1 Å². The quantitative estimate of drug-likeness (QED) is 0.804. The molecular weight excluding hydrogens is 299 g/mol. The van der Waals surface area contributed by atoms with E-state index in [0.29, 0.717) is 0 Å². The summed E-state index contributed by atoms with van der Waals surface area (Å²) in [5.41, 5.74) is -1.27. The molecule has 0 bridgehead atoms. The maximum atomic E-state index is 14.0. The molecule has 0 amide bonds. The summed E-state index contributed by atoms with van der Waals surface area (Å²) in [4.78, 5) is 23.4. The monoisotopic (exact) mass is 308 g/mol. The topological polar surface area (TPSA) is 53.2 Å². The minimum absolute atomic E-state index is 0.0318. The summed E-state index contributed by atoms with van der Waals surface area (Å²) in [6, 6.07) is 3.42. The molecule has 2 rings (SSSR count). The summed E-state index contributed by atoms with van der Waals surface area (Å²) >= 11 is 5.84. The number of rotatable bonds is 3. The number of aromatic nitrogens is 2. The van der Waals surface area contributed by atoms with Crippen LogP contribution in [0.3, 0.4) is 0 Å². The van der Waals surface area contributed by atoms with Crippen LogP contribution in [0.5, 0.6) is 5.75 Å². The summed E-state index contributed by atoms with van der Waals surface area (Å²) in [5.74, 6) is 1.67. The van der Waals surface area contributed by atoms with E-state index in [4.69, 9.17) is 22.8 Å². The fraction of sp³-hybridized carbons (Fsp3) is 0.143. The van der Waals surface area contributed by atoms with Crippen molar-refractivity contribution in [2.75, 3.05) is 6.61 Å². The van der Waals surface area contributed by atoms with E-state index in [1.54, 1.807) is 0 Å². The Morgan fingerprint density at radius 3 is 2.81 bits per heavy atom. The Morgan fingerprint density at radius 1 is 1.43 bits per heavy atom. The lowest BCUT2D eigenvalue weighted by molar-refractivity contribution is 0.369. The number of benzene rings is 1. The predicted molar refractivity (Wildman–Crippen MR) is 76.6 cm³/mol. The Bertz CT molecular complexity index is 849. The molecule has 7 heteroatoms. The van der Waals surface area contributed by atoms with Gasteiger partial charge in [-0.2, -0.15) is 0 Å². The Hall–Kier alpha value is -2.52. The molecule has 0 atom stereocenters. The zero-order chi connectivity index (χ0) is 15.6. The van der Waals surface area contributed by atoms with Crippen LogP contribution in [0.4, 0.5) is 4.39 Å². The van der Waals surface area contributed by atoms with Gasteiger partial charge in [0.1, 0.15) is 18.2 Å². The average Bonchev–Trinajstić information content (AvgIpc) is 2.45. The molecule has 21 heavy (non-hydrogen) atoms. The van der Waals surface area contributed by atoms with Gasteiger partial charge in [-0.1, -0.05) is 17.5 Å². The molecule has 1 aromatic heterocycles. The van der Waals surface area contributed by atoms with Crippen LogP contribution in [0, 0.1) is 18.2 Å². The smallest absolute Gasteiger partial charge is 0.335 e. The van der Waals surface area contributed by atoms with Crippen LogP contribution < -0.4 is 16.0 Å². The van der Waals surface area contributed by atoms with Crippen LogP contribution in [0.15, 0.2) is 34.0 Å². The van der Waals surface area contributed by atoms with Gasteiger partial charge in [0.2, 0.25) is 0 Å². The van der Waals surface area contributed by atoms with Crippen LogP contribution in [0.1, 0.15) is 0 Å². The number of ether oxygens (including phenoxy) is 1. The zero-order valence-electron chi connectivity index (χ0n) is 11.0. The summed E-state index contributed by atoms with van der Waals surface area (Å²) in [7, 11) is 1.30. The average molecular weight is 309 g/mol. The Kier molecular flexibility index (Phi) is 4.15. The van der Waals surface area contributed by atoms with Crippen molar-refractivity contribution >= 4 is 11.6 Å². The molecule has 0 aliphatic carbocycles. The highest BCUT2D eigenvalue weighted by Crippen LogP contribution is 2.29. The Labute approximate surface area is 124 Å². The summed E-state index contributed by atoms with van der Waals surface area (Å²) in [6.45, 7) is -0.0486. The lowest BCUT2D eigenvalue weighted by atomic mass is 10.2. The van der Waals surface area contributed by atoms with Gasteiger partial charge in [-0.3, -0.25) is 13.9 Å². The Morgan fingerprint density at radius 2 is 2.14 bits per heavy atom. The lowest BCUT2D eigenvalue weighted by Crippen LogP contribution is -2.36. The van der Waals surface area contributed by atoms with Gasteiger partial charge >= 0.3 is 5.69 Å². The first kappa shape index (κ1) is 14.9. The highest BCUT2D eigenvalue weighted by molar-refractivity contribution is 6.32. The van der Waals surface area contributed by atoms with Crippen LogP contribution in [0.25, 0.3) is 5.69 Å². The molecule has 108 valence electrons. The molecule has 0 aliphatic heterocycles. The summed E-state index contributed by atoms with van der Waals surface area (Å²) in [6.07, 6.45) is 6.26. The minimum atomic E-state index is -0.728. The number of nitrogens with zero attached hydrogens (tertiary/aromatic N) is 2. The first-order chi connectivity index (χ1) is 9.95. The normalized spacial score (nSPS) is 10.2. The second kappa shape index (κ2) is 5.85. The molecule has 0 aliphatic rings. The number of hydrogen-bond acceptors (Lipinski definition) is 3. The summed E-state index contributed by atoms with van der Waals surface area (Å²) < 4.78 is 21.0. The van der Waals surface area contributed by atoms with Crippen molar-refractivity contribution in [3.63, 3.8) is 0 Å². The van der Waals surface area contributed by atoms with Gasteiger partial charge in [0.05, 0.1) is 10.7 Å². The third-order valence-electron chi connectivity index (χ3n) is 2.76. The van der Waals surface area contributed by atoms with E-state index in [1.807, 2.05) is 0 Å². The van der Waals surface area contributed by atoms with E-state index in [9.17, 15) is 14.0 Å². The fourth-order valence-electron chi connectivity index (χ4n) is 1.69. The first-order valence-electron chi connectivity index (χ1n) is 5.80. The molecule has 0 unspecified atom stereocenters. The number of halogens is 2. The Balaban J connectivity index is 2.65. The van der Waals surface area contributed by atoms with Crippen LogP contribution >= 0.6 is 11.6 Å². The van der Waals surface area contributed by atoms with Crippen molar-refractivity contribution in [2.45, 2.75) is 0 Å². The van der Waals surface area contributed by atoms with Crippen molar-refractivity contribution in [3.8, 4) is 23.8 Å². The van der Waals surface area contributed by atoms with Gasteiger partial charge in [-0.25, -0.2) is 9.18 Å². The van der Waals surface area contributed by atoms with Crippen LogP contribution in [-0.2, 0) is 7.05 Å². The highest BCUT2D eigenvalue weighted by atomic mass is 35.5. The number of terminal acetylenes is 1. The van der Waals surface area contributed by atoms with Gasteiger partial charge < -0.3 is 4.74 Å². The van der Waals surface area contributed by atoms with Crippen molar-refractivity contribution in [2.24, 2.45) is 7.05 Å². The van der Waals surface area contributed by atoms with Gasteiger partial charge in [0.25, 0.3) is 5.56 Å². The molecular formula is C14H10ClFN2O3. The lowest BCUT2D eigenvalue weighted by Gasteiger charge is -2.11. The standard InChI is InChI=1S/C14H10ClFN2O3/c1-3-6-21-12-8-11(10(16)7-9(12)15)18-5-4-13(19)17(2)14(18)20/h1,4-5,7-8H,6H2,2H3. The van der Waals surface area contributed by atoms with E-state index in [0.717, 1.165) is 21.3 Å². The largest absolute Gasteiger partial charge is 0.479 e. The molecule has 0 fully saturated rings. The van der Waals surface area contributed by atoms with E-state index >= 15 is 0 Å². The molecule has 0 radical (unpaired) electrons. The van der Waals surface area contributed by atoms with Gasteiger partial charge in [-0.15, -0.1) is 6.42 Å². The van der Waals surface area contributed by atoms with Gasteiger partial charge in [0.15, 0.2) is 0 Å². The van der Waals surface area contributed by atoms with Crippen molar-refractivity contribution in [1.82, 2.24) is 9.13 Å². The van der Waals surface area contributed by atoms with Gasteiger partial charge in [-0.05, 0) is 6.07 Å². The summed E-state index contributed by atoms with van der Waals surface area (Å²) in [5, 5.41) is 0.0318. The number of hydrogen-bond donors (Lipinski definition) is 0. The maximum Gasteiger partial charge on any atom is 0.335 e. The molecule has 0 N–H and O–H groups in total. The van der Waals surface area contributed by atoms with Crippen LogP contribution in [-0.4, -0.2) is 15.7 Å². The van der Waals surface area contributed by atoms with Gasteiger partial charge in [0, 0.05) is 25.4 Å². The molecule has 1 heterocycles. The third-order valence-corrected chi connectivity index (χ3v) is 3.06. The van der Waals surface area contributed by atoms with Crippen molar-refractivity contribution in [3.05, 3.63) is 56.1 Å². The third kappa shape index (κ3) is 2.83. The van der Waals surface area contributed by atoms with E-state index in [2.05, 4.69) is 5.92 Å². The van der Waals surface area contributed by atoms with E-state index in [-0.39, 0.29) is 23.1 Å². The maximum absolute atomic E-state index is 14.0. The molecule has 1 aromatic carbocycles. The molecule has 5 nitrogen and oxygen atoms in total. The predicted octanol–water partition coefficient (Wildman–Crippen LogP) is 1.34. The van der Waals surface area contributed by atoms with Crippen molar-refractivity contribution < 1.29 is 9.13 Å². The molecule has 0 saturated heterocycles. The molecule has 2 aromatic rings. The van der Waals surface area contributed by atoms with E-state index in [1.165, 1.54) is 19.3 Å². The minimum Gasteiger partial charge on any atom is -0.479 e. The second-order valence-corrected chi connectivity index (χ2v) is 4.50. The molecule has 0 saturated carbocycles. The second-order valence-electron chi connectivity index (χ2n) is 4.09. The molecule has 0 spiro atoms. The first-order valence-corrected chi connectivity index (χ1v) is 6.18. The highest BCUT2D eigenvalue weighted by Gasteiger charge is 2.13. The SMILES string of the molecule is C#CCOc1cc(-n2ccc(=O)n(C)c2=O)c(F)cc1Cl.